The van der Waals surface area contributed by atoms with Crippen molar-refractivity contribution in [2.24, 2.45) is 11.5 Å². The first kappa shape index (κ1) is 25.0. The van der Waals surface area contributed by atoms with Gasteiger partial charge in [0.2, 0.25) is 0 Å². The highest BCUT2D eigenvalue weighted by molar-refractivity contribution is 6.41. The van der Waals surface area contributed by atoms with Crippen molar-refractivity contribution in [3.05, 3.63) is 144 Å². The predicted molar refractivity (Wildman–Crippen MR) is 151 cm³/mol. The van der Waals surface area contributed by atoms with Gasteiger partial charge in [-0.1, -0.05) is 153 Å². The van der Waals surface area contributed by atoms with Crippen molar-refractivity contribution in [2.75, 3.05) is 0 Å². The molecule has 174 valence electrons. The van der Waals surface area contributed by atoms with Crippen LogP contribution in [0, 0.1) is 0 Å². The van der Waals surface area contributed by atoms with Crippen molar-refractivity contribution in [2.45, 2.75) is 42.8 Å². The van der Waals surface area contributed by atoms with E-state index in [1.54, 1.807) is 0 Å². The Bertz CT molecular complexity index is 964. The summed E-state index contributed by atoms with van der Waals surface area (Å²) in [4.78, 5) is 0. The lowest BCUT2D eigenvalue weighted by Gasteiger charge is -2.31. The molecule has 0 bridgehead atoms. The van der Waals surface area contributed by atoms with E-state index in [0.717, 1.165) is 54.2 Å². The quantitative estimate of drug-likeness (QED) is 0.199. The Morgan fingerprint density at radius 1 is 0.400 bits per heavy atom. The molecule has 2 radical (unpaired) electrons. The van der Waals surface area contributed by atoms with Gasteiger partial charge in [0.1, 0.15) is 14.6 Å². The molecule has 35 heavy (non-hydrogen) atoms. The van der Waals surface area contributed by atoms with Gasteiger partial charge in [-0.25, -0.2) is 0 Å². The van der Waals surface area contributed by atoms with E-state index in [-0.39, 0.29) is 0 Å². The van der Waals surface area contributed by atoms with Crippen molar-refractivity contribution < 1.29 is 0 Å². The largest absolute Gasteiger partial charge is 0.325 e. The molecule has 0 aliphatic heterocycles. The molecule has 0 spiro atoms. The van der Waals surface area contributed by atoms with Gasteiger partial charge in [-0.2, -0.15) is 0 Å². The highest BCUT2D eigenvalue weighted by Gasteiger charge is 2.30. The van der Waals surface area contributed by atoms with Crippen molar-refractivity contribution in [3.8, 4) is 0 Å². The van der Waals surface area contributed by atoms with E-state index in [0.29, 0.717) is 0 Å². The molecule has 0 atom stereocenters. The standard InChI is InChI=1S/C31H34B2N2/c34-30(26-16-6-1-7-17-26,27-18-8-2-9-19-27)32-24-14-5-15-25-33-31(35,28-20-10-3-11-21-28)29-22-12-4-13-23-29/h1-4,6-13,16-23H,5,14-15,24-25,34-35H2. The second-order valence-corrected chi connectivity index (χ2v) is 9.25. The van der Waals surface area contributed by atoms with Crippen LogP contribution in [0.3, 0.4) is 0 Å². The Kier molecular flexibility index (Phi) is 8.63. The minimum Gasteiger partial charge on any atom is -0.325 e. The van der Waals surface area contributed by atoms with Crippen molar-refractivity contribution in [3.63, 3.8) is 0 Å². The SMILES string of the molecule is NC([B]CCCCC[B]C(N)(c1ccccc1)c1ccccc1)(c1ccccc1)c1ccccc1. The molecule has 0 unspecified atom stereocenters. The Labute approximate surface area is 212 Å². The van der Waals surface area contributed by atoms with Gasteiger partial charge in [0, 0.05) is 10.9 Å². The fraction of sp³-hybridized carbons (Fsp3) is 0.226. The normalized spacial score (nSPS) is 11.7. The van der Waals surface area contributed by atoms with Crippen LogP contribution in [0.4, 0.5) is 0 Å². The molecule has 0 saturated carbocycles. The molecule has 0 saturated heterocycles. The molecular weight excluding hydrogens is 422 g/mol. The van der Waals surface area contributed by atoms with Crippen LogP contribution in [0.15, 0.2) is 121 Å². The summed E-state index contributed by atoms with van der Waals surface area (Å²) in [6.07, 6.45) is 5.25. The fourth-order valence-corrected chi connectivity index (χ4v) is 4.79. The molecule has 4 aromatic carbocycles. The van der Waals surface area contributed by atoms with Crippen LogP contribution in [0.25, 0.3) is 0 Å². The number of nitrogens with two attached hydrogens (primary N) is 2. The second-order valence-electron chi connectivity index (χ2n) is 9.25. The first-order valence-corrected chi connectivity index (χ1v) is 12.6. The molecule has 0 fully saturated rings. The van der Waals surface area contributed by atoms with E-state index in [2.05, 4.69) is 112 Å². The van der Waals surface area contributed by atoms with Crippen LogP contribution in [0.1, 0.15) is 41.5 Å². The van der Waals surface area contributed by atoms with Crippen LogP contribution >= 0.6 is 0 Å². The summed E-state index contributed by atoms with van der Waals surface area (Å²) in [6.45, 7) is 0. The second kappa shape index (κ2) is 12.1. The van der Waals surface area contributed by atoms with Gasteiger partial charge >= 0.3 is 0 Å². The molecule has 4 N–H and O–H groups in total. The summed E-state index contributed by atoms with van der Waals surface area (Å²) < 4.78 is 0. The smallest absolute Gasteiger partial charge is 0.149 e. The fourth-order valence-electron chi connectivity index (χ4n) is 4.79. The van der Waals surface area contributed by atoms with E-state index in [1.165, 1.54) is 0 Å². The average molecular weight is 456 g/mol. The minimum atomic E-state index is -0.582. The molecule has 4 aromatic rings. The van der Waals surface area contributed by atoms with Gasteiger partial charge in [0.25, 0.3) is 0 Å². The molecule has 2 nitrogen and oxygen atoms in total. The number of rotatable bonds is 12. The van der Waals surface area contributed by atoms with Gasteiger partial charge in [-0.3, -0.25) is 0 Å². The molecule has 4 heteroatoms. The molecule has 0 aromatic heterocycles. The van der Waals surface area contributed by atoms with E-state index >= 15 is 0 Å². The Morgan fingerprint density at radius 2 is 0.657 bits per heavy atom. The maximum absolute atomic E-state index is 6.99. The van der Waals surface area contributed by atoms with Gasteiger partial charge < -0.3 is 11.5 Å². The van der Waals surface area contributed by atoms with Crippen LogP contribution < -0.4 is 11.5 Å². The van der Waals surface area contributed by atoms with Gasteiger partial charge in [0.15, 0.2) is 0 Å². The monoisotopic (exact) mass is 456 g/mol. The zero-order valence-electron chi connectivity index (χ0n) is 20.4. The number of hydrogen-bond donors (Lipinski definition) is 2. The third-order valence-electron chi connectivity index (χ3n) is 6.85. The van der Waals surface area contributed by atoms with E-state index in [1.807, 2.05) is 24.3 Å². The molecule has 0 aliphatic rings. The lowest BCUT2D eigenvalue weighted by Crippen LogP contribution is -2.44. The Morgan fingerprint density at radius 3 is 0.914 bits per heavy atom. The molecular formula is C31H34B2N2. The first-order chi connectivity index (χ1) is 17.1. The summed E-state index contributed by atoms with van der Waals surface area (Å²) in [5, 5.41) is 0. The lowest BCUT2D eigenvalue weighted by molar-refractivity contribution is 0.710. The van der Waals surface area contributed by atoms with Gasteiger partial charge in [-0.15, -0.1) is 0 Å². The van der Waals surface area contributed by atoms with Gasteiger partial charge in [-0.05, 0) is 22.3 Å². The number of benzene rings is 4. The van der Waals surface area contributed by atoms with Crippen molar-refractivity contribution in [1.29, 1.82) is 0 Å². The summed E-state index contributed by atoms with van der Waals surface area (Å²) in [5.74, 6) is 0. The lowest BCUT2D eigenvalue weighted by atomic mass is 9.49. The van der Waals surface area contributed by atoms with Crippen LogP contribution in [-0.2, 0) is 10.9 Å². The van der Waals surface area contributed by atoms with Crippen LogP contribution in [0.5, 0.6) is 0 Å². The Hall–Kier alpha value is -3.07. The van der Waals surface area contributed by atoms with Crippen LogP contribution in [0.2, 0.25) is 12.6 Å². The predicted octanol–water partition coefficient (Wildman–Crippen LogP) is 6.12. The summed E-state index contributed by atoms with van der Waals surface area (Å²) in [5.41, 5.74) is 17.3. The van der Waals surface area contributed by atoms with E-state index in [4.69, 9.17) is 11.5 Å². The average Bonchev–Trinajstić information content (AvgIpc) is 2.94. The van der Waals surface area contributed by atoms with E-state index in [9.17, 15) is 0 Å². The zero-order chi connectivity index (χ0) is 24.4. The Balaban J connectivity index is 1.32. The highest BCUT2D eigenvalue weighted by Crippen LogP contribution is 2.29. The summed E-state index contributed by atoms with van der Waals surface area (Å²) in [7, 11) is 4.56. The zero-order valence-corrected chi connectivity index (χ0v) is 20.4. The molecule has 0 amide bonds. The highest BCUT2D eigenvalue weighted by atomic mass is 14.7. The van der Waals surface area contributed by atoms with Gasteiger partial charge in [0.05, 0.1) is 0 Å². The number of unbranched alkanes of at least 4 members (excludes halogenated alkanes) is 2. The summed E-state index contributed by atoms with van der Waals surface area (Å²) >= 11 is 0. The third kappa shape index (κ3) is 6.14. The molecule has 4 rings (SSSR count). The van der Waals surface area contributed by atoms with Crippen LogP contribution in [-0.4, -0.2) is 14.6 Å². The van der Waals surface area contributed by atoms with Crippen molar-refractivity contribution >= 4 is 14.6 Å². The van der Waals surface area contributed by atoms with E-state index < -0.39 is 10.9 Å². The maximum Gasteiger partial charge on any atom is 0.149 e. The first-order valence-electron chi connectivity index (χ1n) is 12.6. The number of hydrogen-bond acceptors (Lipinski definition) is 2. The third-order valence-corrected chi connectivity index (χ3v) is 6.85. The molecule has 0 heterocycles. The molecule has 0 aliphatic carbocycles. The topological polar surface area (TPSA) is 52.0 Å². The van der Waals surface area contributed by atoms with Crippen molar-refractivity contribution in [1.82, 2.24) is 0 Å². The minimum absolute atomic E-state index is 0.582. The maximum atomic E-state index is 6.99. The summed E-state index contributed by atoms with van der Waals surface area (Å²) in [6, 6.07) is 41.5.